The lowest BCUT2D eigenvalue weighted by atomic mass is 9.96. The van der Waals surface area contributed by atoms with E-state index in [1.165, 1.54) is 17.0 Å². The lowest BCUT2D eigenvalue weighted by Gasteiger charge is -2.28. The summed E-state index contributed by atoms with van der Waals surface area (Å²) in [6.07, 6.45) is 2.81. The number of ether oxygens (including phenoxy) is 1. The van der Waals surface area contributed by atoms with Crippen molar-refractivity contribution in [2.24, 2.45) is 0 Å². The third kappa shape index (κ3) is 5.18. The Morgan fingerprint density at radius 3 is 2.57 bits per heavy atom. The minimum absolute atomic E-state index is 0.0321. The number of methoxy groups -OCH3 is 1. The SMILES string of the molecule is COc1cccc(-n2c(C)cc([C@H]3[C@@H](c4ccccn4)NC(=S)N3CCCNc3ccccc3)c2C)c1. The molecule has 1 saturated heterocycles. The Morgan fingerprint density at radius 2 is 1.81 bits per heavy atom. The molecule has 2 N–H and O–H groups in total. The first kappa shape index (κ1) is 24.8. The van der Waals surface area contributed by atoms with E-state index in [1.54, 1.807) is 7.11 Å². The van der Waals surface area contributed by atoms with Gasteiger partial charge < -0.3 is 24.8 Å². The molecule has 0 unspecified atom stereocenters. The number of anilines is 1. The number of hydrogen-bond donors (Lipinski definition) is 2. The quantitative estimate of drug-likeness (QED) is 0.213. The maximum atomic E-state index is 5.89. The van der Waals surface area contributed by atoms with Gasteiger partial charge in [-0.2, -0.15) is 0 Å². The van der Waals surface area contributed by atoms with Crippen LogP contribution in [0.4, 0.5) is 5.69 Å². The Balaban J connectivity index is 1.46. The molecular formula is C30H33N5OS. The number of hydrogen-bond acceptors (Lipinski definition) is 4. The van der Waals surface area contributed by atoms with Gasteiger partial charge in [0.1, 0.15) is 5.75 Å². The number of aromatic nitrogens is 2. The smallest absolute Gasteiger partial charge is 0.170 e. The number of aryl methyl sites for hydroxylation is 1. The highest BCUT2D eigenvalue weighted by Gasteiger charge is 2.41. The van der Waals surface area contributed by atoms with Crippen LogP contribution in [0.2, 0.25) is 0 Å². The van der Waals surface area contributed by atoms with Crippen LogP contribution in [0.25, 0.3) is 5.69 Å². The molecule has 3 heterocycles. The summed E-state index contributed by atoms with van der Waals surface area (Å²) in [5.41, 5.74) is 6.82. The van der Waals surface area contributed by atoms with Gasteiger partial charge in [0.2, 0.25) is 0 Å². The van der Waals surface area contributed by atoms with Crippen LogP contribution in [0.1, 0.15) is 41.1 Å². The van der Waals surface area contributed by atoms with Gasteiger partial charge in [-0.05, 0) is 80.5 Å². The molecular weight excluding hydrogens is 478 g/mol. The zero-order valence-corrected chi connectivity index (χ0v) is 22.3. The lowest BCUT2D eigenvalue weighted by Crippen LogP contribution is -2.31. The zero-order valence-electron chi connectivity index (χ0n) is 21.5. The molecule has 0 spiro atoms. The van der Waals surface area contributed by atoms with E-state index in [0.717, 1.165) is 47.4 Å². The summed E-state index contributed by atoms with van der Waals surface area (Å²) in [7, 11) is 1.70. The fourth-order valence-electron chi connectivity index (χ4n) is 5.26. The Hall–Kier alpha value is -3.84. The van der Waals surface area contributed by atoms with Crippen molar-refractivity contribution in [3.8, 4) is 11.4 Å². The number of rotatable bonds is 9. The van der Waals surface area contributed by atoms with Crippen molar-refractivity contribution in [1.82, 2.24) is 19.8 Å². The molecule has 1 aliphatic heterocycles. The number of nitrogens with one attached hydrogen (secondary N) is 2. The minimum Gasteiger partial charge on any atom is -0.497 e. The fraction of sp³-hybridized carbons (Fsp3) is 0.267. The lowest BCUT2D eigenvalue weighted by molar-refractivity contribution is 0.315. The van der Waals surface area contributed by atoms with Gasteiger partial charge in [0, 0.05) is 48.1 Å². The van der Waals surface area contributed by atoms with E-state index < -0.39 is 0 Å². The topological polar surface area (TPSA) is 54.4 Å². The number of benzene rings is 2. The molecule has 2 aromatic heterocycles. The maximum absolute atomic E-state index is 5.89. The van der Waals surface area contributed by atoms with E-state index in [4.69, 9.17) is 21.9 Å². The molecule has 7 heteroatoms. The summed E-state index contributed by atoms with van der Waals surface area (Å²) in [5, 5.41) is 7.88. The second kappa shape index (κ2) is 11.0. The summed E-state index contributed by atoms with van der Waals surface area (Å²) >= 11 is 5.89. The third-order valence-electron chi connectivity index (χ3n) is 6.98. The van der Waals surface area contributed by atoms with Crippen molar-refractivity contribution in [3.05, 3.63) is 108 Å². The molecule has 0 amide bonds. The fourth-order valence-corrected chi connectivity index (χ4v) is 5.59. The van der Waals surface area contributed by atoms with Crippen LogP contribution in [0.15, 0.2) is 85.1 Å². The monoisotopic (exact) mass is 511 g/mol. The number of nitrogens with zero attached hydrogens (tertiary/aromatic N) is 3. The van der Waals surface area contributed by atoms with E-state index >= 15 is 0 Å². The second-order valence-corrected chi connectivity index (χ2v) is 9.72. The van der Waals surface area contributed by atoms with Crippen LogP contribution in [0.5, 0.6) is 5.75 Å². The molecule has 5 rings (SSSR count). The zero-order chi connectivity index (χ0) is 25.8. The summed E-state index contributed by atoms with van der Waals surface area (Å²) in [6.45, 7) is 6.05. The molecule has 2 aromatic carbocycles. The largest absolute Gasteiger partial charge is 0.497 e. The summed E-state index contributed by atoms with van der Waals surface area (Å²) in [6, 6.07) is 26.9. The number of para-hydroxylation sites is 1. The molecule has 1 aliphatic rings. The predicted molar refractivity (Wildman–Crippen MR) is 154 cm³/mol. The molecule has 4 aromatic rings. The van der Waals surface area contributed by atoms with E-state index in [0.29, 0.717) is 0 Å². The first-order valence-corrected chi connectivity index (χ1v) is 13.1. The van der Waals surface area contributed by atoms with Crippen molar-refractivity contribution in [1.29, 1.82) is 0 Å². The predicted octanol–water partition coefficient (Wildman–Crippen LogP) is 5.97. The first-order valence-electron chi connectivity index (χ1n) is 12.7. The van der Waals surface area contributed by atoms with E-state index in [9.17, 15) is 0 Å². The molecule has 0 aliphatic carbocycles. The number of thiocarbonyl (C=S) groups is 1. The van der Waals surface area contributed by atoms with Crippen molar-refractivity contribution in [2.75, 3.05) is 25.5 Å². The highest BCUT2D eigenvalue weighted by Crippen LogP contribution is 2.41. The van der Waals surface area contributed by atoms with Crippen molar-refractivity contribution >= 4 is 23.0 Å². The van der Waals surface area contributed by atoms with Gasteiger partial charge in [-0.3, -0.25) is 4.98 Å². The second-order valence-electron chi connectivity index (χ2n) is 9.33. The highest BCUT2D eigenvalue weighted by molar-refractivity contribution is 7.80. The molecule has 190 valence electrons. The molecule has 2 atom stereocenters. The van der Waals surface area contributed by atoms with Gasteiger partial charge in [0.15, 0.2) is 5.11 Å². The van der Waals surface area contributed by atoms with Crippen LogP contribution in [0.3, 0.4) is 0 Å². The van der Waals surface area contributed by atoms with E-state index in [1.807, 2.05) is 48.7 Å². The Bertz CT molecular complexity index is 1360. The van der Waals surface area contributed by atoms with Crippen molar-refractivity contribution < 1.29 is 4.74 Å². The summed E-state index contributed by atoms with van der Waals surface area (Å²) in [5.74, 6) is 0.842. The maximum Gasteiger partial charge on any atom is 0.170 e. The average molecular weight is 512 g/mol. The Morgan fingerprint density at radius 1 is 1.00 bits per heavy atom. The molecule has 37 heavy (non-hydrogen) atoms. The van der Waals surface area contributed by atoms with Gasteiger partial charge in [0.25, 0.3) is 0 Å². The van der Waals surface area contributed by atoms with Crippen LogP contribution < -0.4 is 15.4 Å². The van der Waals surface area contributed by atoms with E-state index in [2.05, 4.69) is 70.3 Å². The van der Waals surface area contributed by atoms with Gasteiger partial charge in [-0.15, -0.1) is 0 Å². The molecule has 0 bridgehead atoms. The highest BCUT2D eigenvalue weighted by atomic mass is 32.1. The van der Waals surface area contributed by atoms with Gasteiger partial charge in [-0.1, -0.05) is 30.3 Å². The third-order valence-corrected chi connectivity index (χ3v) is 7.33. The summed E-state index contributed by atoms with van der Waals surface area (Å²) in [4.78, 5) is 7.03. The van der Waals surface area contributed by atoms with Crippen LogP contribution in [-0.2, 0) is 0 Å². The Kier molecular flexibility index (Phi) is 7.42. The average Bonchev–Trinajstić information content (AvgIpc) is 3.42. The van der Waals surface area contributed by atoms with Crippen LogP contribution in [0, 0.1) is 13.8 Å². The van der Waals surface area contributed by atoms with E-state index in [-0.39, 0.29) is 12.1 Å². The van der Waals surface area contributed by atoms with Gasteiger partial charge in [0.05, 0.1) is 24.9 Å². The number of pyridine rings is 1. The van der Waals surface area contributed by atoms with Gasteiger partial charge >= 0.3 is 0 Å². The van der Waals surface area contributed by atoms with Crippen molar-refractivity contribution in [2.45, 2.75) is 32.4 Å². The molecule has 0 radical (unpaired) electrons. The van der Waals surface area contributed by atoms with Crippen LogP contribution in [-0.4, -0.2) is 39.8 Å². The minimum atomic E-state index is -0.0324. The molecule has 1 fully saturated rings. The van der Waals surface area contributed by atoms with Crippen LogP contribution >= 0.6 is 12.2 Å². The summed E-state index contributed by atoms with van der Waals surface area (Å²) < 4.78 is 7.79. The normalized spacial score (nSPS) is 17.1. The first-order chi connectivity index (χ1) is 18.1. The molecule has 0 saturated carbocycles. The molecule has 6 nitrogen and oxygen atoms in total. The standard InChI is InChI=1S/C30H33N5OS/c1-21-19-26(22(2)35(21)24-13-9-14-25(20-24)36-3)29-28(27-15-7-8-16-32-27)33-30(37)34(29)18-10-17-31-23-11-5-4-6-12-23/h4-9,11-16,19-20,28-29,31H,10,17-18H2,1-3H3,(H,33,37)/t28-,29+/m1/s1. The Labute approximate surface area is 224 Å². The van der Waals surface area contributed by atoms with Crippen molar-refractivity contribution in [3.63, 3.8) is 0 Å². The van der Waals surface area contributed by atoms with Gasteiger partial charge in [-0.25, -0.2) is 0 Å².